The lowest BCUT2D eigenvalue weighted by Gasteiger charge is -2.33. The van der Waals surface area contributed by atoms with Crippen molar-refractivity contribution >= 4 is 10.0 Å². The van der Waals surface area contributed by atoms with Gasteiger partial charge in [0, 0.05) is 26.2 Å². The molecule has 1 aromatic heterocycles. The van der Waals surface area contributed by atoms with Gasteiger partial charge in [-0.25, -0.2) is 8.42 Å². The van der Waals surface area contributed by atoms with E-state index in [4.69, 9.17) is 10.3 Å². The van der Waals surface area contributed by atoms with Gasteiger partial charge in [0.1, 0.15) is 0 Å². The first-order valence-electron chi connectivity index (χ1n) is 8.21. The van der Waals surface area contributed by atoms with Gasteiger partial charge >= 0.3 is 0 Å². The van der Waals surface area contributed by atoms with Crippen LogP contribution in [0.5, 0.6) is 0 Å². The number of aromatic nitrogens is 2. The molecule has 0 atom stereocenters. The molecule has 0 radical (unpaired) electrons. The van der Waals surface area contributed by atoms with Crippen molar-refractivity contribution in [3.8, 4) is 0 Å². The van der Waals surface area contributed by atoms with Gasteiger partial charge in [0.2, 0.25) is 15.9 Å². The predicted octanol–water partition coefficient (Wildman–Crippen LogP) is 0.652. The van der Waals surface area contributed by atoms with Gasteiger partial charge in [0.15, 0.2) is 5.82 Å². The molecule has 0 amide bonds. The topological polar surface area (TPSA) is 106 Å². The Morgan fingerprint density at radius 1 is 1.16 bits per heavy atom. The van der Waals surface area contributed by atoms with Crippen LogP contribution in [0.1, 0.15) is 22.8 Å². The third-order valence-electron chi connectivity index (χ3n) is 4.50. The lowest BCUT2D eigenvalue weighted by Crippen LogP contribution is -2.48. The summed E-state index contributed by atoms with van der Waals surface area (Å²) in [5, 5.41) is 3.87. The van der Waals surface area contributed by atoms with Gasteiger partial charge in [-0.3, -0.25) is 4.90 Å². The van der Waals surface area contributed by atoms with Crippen LogP contribution in [0, 0.1) is 13.8 Å². The molecule has 8 nitrogen and oxygen atoms in total. The highest BCUT2D eigenvalue weighted by atomic mass is 32.2. The van der Waals surface area contributed by atoms with Crippen LogP contribution >= 0.6 is 0 Å². The highest BCUT2D eigenvalue weighted by molar-refractivity contribution is 7.89. The number of nitrogens with two attached hydrogens (primary N) is 1. The summed E-state index contributed by atoms with van der Waals surface area (Å²) in [5.74, 6) is 0.983. The van der Waals surface area contributed by atoms with Gasteiger partial charge in [-0.1, -0.05) is 11.2 Å². The van der Waals surface area contributed by atoms with Crippen molar-refractivity contribution in [1.82, 2.24) is 19.3 Å². The third kappa shape index (κ3) is 3.90. The molecule has 0 aliphatic carbocycles. The first-order valence-corrected chi connectivity index (χ1v) is 9.65. The van der Waals surface area contributed by atoms with Crippen LogP contribution in [0.25, 0.3) is 0 Å². The van der Waals surface area contributed by atoms with Crippen molar-refractivity contribution in [2.75, 3.05) is 26.2 Å². The SMILES string of the molecule is Cc1ccc(S(=O)(=O)N2CCN(Cc3noc(CN)n3)CC2)cc1C. The fourth-order valence-corrected chi connectivity index (χ4v) is 4.30. The van der Waals surface area contributed by atoms with Crippen LogP contribution < -0.4 is 5.73 Å². The zero-order chi connectivity index (χ0) is 18.0. The second-order valence-corrected chi connectivity index (χ2v) is 8.17. The Morgan fingerprint density at radius 2 is 1.88 bits per heavy atom. The Morgan fingerprint density at radius 3 is 2.48 bits per heavy atom. The van der Waals surface area contributed by atoms with Crippen molar-refractivity contribution < 1.29 is 12.9 Å². The molecule has 9 heteroatoms. The van der Waals surface area contributed by atoms with E-state index in [2.05, 4.69) is 15.0 Å². The zero-order valence-corrected chi connectivity index (χ0v) is 15.3. The molecule has 2 heterocycles. The third-order valence-corrected chi connectivity index (χ3v) is 6.39. The van der Waals surface area contributed by atoms with E-state index in [1.165, 1.54) is 4.31 Å². The van der Waals surface area contributed by atoms with E-state index in [0.717, 1.165) is 11.1 Å². The second kappa shape index (κ2) is 7.20. The fraction of sp³-hybridized carbons (Fsp3) is 0.500. The number of sulfonamides is 1. The molecule has 0 unspecified atom stereocenters. The molecule has 2 N–H and O–H groups in total. The van der Waals surface area contributed by atoms with Crippen molar-refractivity contribution in [3.63, 3.8) is 0 Å². The van der Waals surface area contributed by atoms with Crippen LogP contribution in [-0.4, -0.2) is 53.9 Å². The Bertz CT molecular complexity index is 841. The van der Waals surface area contributed by atoms with Crippen molar-refractivity contribution in [1.29, 1.82) is 0 Å². The van der Waals surface area contributed by atoms with E-state index < -0.39 is 10.0 Å². The number of nitrogens with zero attached hydrogens (tertiary/aromatic N) is 4. The lowest BCUT2D eigenvalue weighted by molar-refractivity contribution is 0.176. The average Bonchev–Trinajstić information content (AvgIpc) is 3.05. The van der Waals surface area contributed by atoms with Gasteiger partial charge in [0.05, 0.1) is 18.0 Å². The van der Waals surface area contributed by atoms with Crippen molar-refractivity contribution in [3.05, 3.63) is 41.0 Å². The normalized spacial score (nSPS) is 17.1. The molecule has 25 heavy (non-hydrogen) atoms. The molecule has 2 aromatic rings. The van der Waals surface area contributed by atoms with E-state index in [1.807, 2.05) is 19.9 Å². The van der Waals surface area contributed by atoms with E-state index in [9.17, 15) is 8.42 Å². The monoisotopic (exact) mass is 365 g/mol. The smallest absolute Gasteiger partial charge is 0.243 e. The van der Waals surface area contributed by atoms with E-state index >= 15 is 0 Å². The summed E-state index contributed by atoms with van der Waals surface area (Å²) >= 11 is 0. The van der Waals surface area contributed by atoms with Gasteiger partial charge in [-0.15, -0.1) is 0 Å². The van der Waals surface area contributed by atoms with Crippen molar-refractivity contribution in [2.24, 2.45) is 5.73 Å². The number of aryl methyl sites for hydroxylation is 2. The van der Waals surface area contributed by atoms with Gasteiger partial charge in [-0.05, 0) is 37.1 Å². The number of rotatable bonds is 5. The van der Waals surface area contributed by atoms with Gasteiger partial charge < -0.3 is 10.3 Å². The van der Waals surface area contributed by atoms with Gasteiger partial charge in [0.25, 0.3) is 0 Å². The molecular weight excluding hydrogens is 342 g/mol. The zero-order valence-electron chi connectivity index (χ0n) is 14.5. The van der Waals surface area contributed by atoms with Crippen LogP contribution in [0.4, 0.5) is 0 Å². The summed E-state index contributed by atoms with van der Waals surface area (Å²) < 4.78 is 32.2. The molecule has 0 saturated carbocycles. The molecule has 136 valence electrons. The summed E-state index contributed by atoms with van der Waals surface area (Å²) in [6.07, 6.45) is 0. The maximum atomic E-state index is 12.8. The number of benzene rings is 1. The minimum absolute atomic E-state index is 0.217. The maximum absolute atomic E-state index is 12.8. The van der Waals surface area contributed by atoms with Crippen LogP contribution in [0.2, 0.25) is 0 Å². The van der Waals surface area contributed by atoms with E-state index in [1.54, 1.807) is 12.1 Å². The molecule has 3 rings (SSSR count). The summed E-state index contributed by atoms with van der Waals surface area (Å²) in [6, 6.07) is 5.27. The van der Waals surface area contributed by atoms with Crippen LogP contribution in [0.15, 0.2) is 27.6 Å². The number of hydrogen-bond acceptors (Lipinski definition) is 7. The minimum atomic E-state index is -3.46. The van der Waals surface area contributed by atoms with Crippen LogP contribution in [0.3, 0.4) is 0 Å². The highest BCUT2D eigenvalue weighted by Crippen LogP contribution is 2.20. The summed E-state index contributed by atoms with van der Waals surface area (Å²) in [5.41, 5.74) is 7.52. The Labute approximate surface area is 147 Å². The molecule has 1 fully saturated rings. The molecule has 0 spiro atoms. The van der Waals surface area contributed by atoms with Crippen molar-refractivity contribution in [2.45, 2.75) is 31.8 Å². The Balaban J connectivity index is 1.63. The largest absolute Gasteiger partial charge is 0.338 e. The quantitative estimate of drug-likeness (QED) is 0.829. The molecular formula is C16H23N5O3S. The summed E-state index contributed by atoms with van der Waals surface area (Å²) in [4.78, 5) is 6.64. The fourth-order valence-electron chi connectivity index (χ4n) is 2.79. The minimum Gasteiger partial charge on any atom is -0.338 e. The first-order chi connectivity index (χ1) is 11.9. The predicted molar refractivity (Wildman–Crippen MR) is 92.1 cm³/mol. The first kappa shape index (κ1) is 18.0. The standard InChI is InChI=1S/C16H23N5O3S/c1-12-3-4-14(9-13(12)2)25(22,23)21-7-5-20(6-8-21)11-15-18-16(10-17)24-19-15/h3-4,9H,5-8,10-11,17H2,1-2H3. The van der Waals surface area contributed by atoms with Gasteiger partial charge in [-0.2, -0.15) is 9.29 Å². The molecule has 0 bridgehead atoms. The van der Waals surface area contributed by atoms with Crippen LogP contribution in [-0.2, 0) is 23.1 Å². The number of piperazine rings is 1. The second-order valence-electron chi connectivity index (χ2n) is 6.23. The maximum Gasteiger partial charge on any atom is 0.243 e. The molecule has 1 aromatic carbocycles. The summed E-state index contributed by atoms with van der Waals surface area (Å²) in [7, 11) is -3.46. The highest BCUT2D eigenvalue weighted by Gasteiger charge is 2.29. The Kier molecular flexibility index (Phi) is 5.19. The average molecular weight is 365 g/mol. The molecule has 1 aliphatic rings. The van der Waals surface area contributed by atoms with E-state index in [-0.39, 0.29) is 6.54 Å². The molecule has 1 aliphatic heterocycles. The Hall–Kier alpha value is -1.81. The number of hydrogen-bond donors (Lipinski definition) is 1. The summed E-state index contributed by atoms with van der Waals surface area (Å²) in [6.45, 7) is 6.77. The van der Waals surface area contributed by atoms with E-state index in [0.29, 0.717) is 49.3 Å². The molecule has 1 saturated heterocycles. The lowest BCUT2D eigenvalue weighted by atomic mass is 10.1.